The van der Waals surface area contributed by atoms with Gasteiger partial charge in [-0.05, 0) is 29.8 Å². The molecule has 4 heteroatoms. The van der Waals surface area contributed by atoms with Crippen LogP contribution >= 0.6 is 0 Å². The molecule has 1 N–H and O–H groups in total. The lowest BCUT2D eigenvalue weighted by Gasteiger charge is -1.97. The molecule has 0 unspecified atom stereocenters. The predicted molar refractivity (Wildman–Crippen MR) is 71.3 cm³/mol. The molecule has 3 rings (SSSR count). The number of benzene rings is 2. The number of esters is 1. The average Bonchev–Trinajstić information content (AvgIpc) is 2.74. The van der Waals surface area contributed by atoms with Crippen molar-refractivity contribution in [3.8, 4) is 5.75 Å². The summed E-state index contributed by atoms with van der Waals surface area (Å²) in [6.45, 7) is 1.93. The van der Waals surface area contributed by atoms with Crippen LogP contribution in [0.25, 0.3) is 21.7 Å². The third-order valence-electron chi connectivity index (χ3n) is 2.99. The number of carbonyl (C=O) groups is 1. The molecule has 0 radical (unpaired) electrons. The molecule has 19 heavy (non-hydrogen) atoms. The van der Waals surface area contributed by atoms with Gasteiger partial charge in [0, 0.05) is 0 Å². The molecule has 0 fully saturated rings. The Morgan fingerprint density at radius 1 is 1.26 bits per heavy atom. The zero-order chi connectivity index (χ0) is 13.4. The third kappa shape index (κ3) is 1.81. The minimum Gasteiger partial charge on any atom is -0.504 e. The van der Waals surface area contributed by atoms with Crippen LogP contribution < -0.4 is 0 Å². The van der Waals surface area contributed by atoms with Crippen molar-refractivity contribution in [3.63, 3.8) is 0 Å². The fraction of sp³-hybridized carbons (Fsp3) is 0.133. The molecule has 0 spiro atoms. The molecule has 0 aliphatic carbocycles. The smallest absolute Gasteiger partial charge is 0.378 e. The number of fused-ring (bicyclic) bond motifs is 2. The van der Waals surface area contributed by atoms with Crippen LogP contribution in [-0.4, -0.2) is 17.7 Å². The van der Waals surface area contributed by atoms with Gasteiger partial charge in [0.15, 0.2) is 5.75 Å². The van der Waals surface area contributed by atoms with Crippen LogP contribution in [0.2, 0.25) is 0 Å². The van der Waals surface area contributed by atoms with Gasteiger partial charge in [-0.25, -0.2) is 4.79 Å². The number of hydrogen-bond acceptors (Lipinski definition) is 4. The predicted octanol–water partition coefficient (Wildman–Crippen LogP) is 3.47. The van der Waals surface area contributed by atoms with Gasteiger partial charge in [0.05, 0.1) is 12.0 Å². The molecule has 0 saturated heterocycles. The molecular formula is C15H12O4. The summed E-state index contributed by atoms with van der Waals surface area (Å²) >= 11 is 0. The van der Waals surface area contributed by atoms with E-state index < -0.39 is 5.97 Å². The monoisotopic (exact) mass is 256 g/mol. The Labute approximate surface area is 109 Å². The molecule has 1 aromatic heterocycles. The largest absolute Gasteiger partial charge is 0.504 e. The van der Waals surface area contributed by atoms with E-state index >= 15 is 0 Å². The van der Waals surface area contributed by atoms with Crippen molar-refractivity contribution in [2.24, 2.45) is 0 Å². The van der Waals surface area contributed by atoms with Crippen LogP contribution in [0.3, 0.4) is 0 Å². The maximum atomic E-state index is 11.7. The first-order chi connectivity index (χ1) is 9.20. The first-order valence-electron chi connectivity index (χ1n) is 6.02. The zero-order valence-electron chi connectivity index (χ0n) is 10.3. The van der Waals surface area contributed by atoms with Crippen molar-refractivity contribution in [3.05, 3.63) is 42.2 Å². The van der Waals surface area contributed by atoms with Crippen LogP contribution in [0.4, 0.5) is 0 Å². The second-order valence-electron chi connectivity index (χ2n) is 4.20. The fourth-order valence-electron chi connectivity index (χ4n) is 2.10. The van der Waals surface area contributed by atoms with E-state index in [1.807, 2.05) is 24.3 Å². The summed E-state index contributed by atoms with van der Waals surface area (Å²) in [6.07, 6.45) is 0. The Kier molecular flexibility index (Phi) is 2.63. The molecule has 0 bridgehead atoms. The Bertz CT molecular complexity index is 770. The van der Waals surface area contributed by atoms with Crippen molar-refractivity contribution in [1.29, 1.82) is 0 Å². The Morgan fingerprint density at radius 3 is 2.63 bits per heavy atom. The Balaban J connectivity index is 2.25. The van der Waals surface area contributed by atoms with E-state index in [4.69, 9.17) is 9.15 Å². The standard InChI is InChI=1S/C15H12O4/c1-2-18-15(17)14-13(16)11-7-9-5-3-4-6-10(9)8-12(11)19-14/h3-8,16H,2H2,1H3. The summed E-state index contributed by atoms with van der Waals surface area (Å²) in [7, 11) is 0. The van der Waals surface area contributed by atoms with Crippen molar-refractivity contribution in [2.45, 2.75) is 6.92 Å². The van der Waals surface area contributed by atoms with Crippen molar-refractivity contribution < 1.29 is 19.1 Å². The quantitative estimate of drug-likeness (QED) is 0.713. The van der Waals surface area contributed by atoms with Crippen LogP contribution in [0.15, 0.2) is 40.8 Å². The Hall–Kier alpha value is -2.49. The molecule has 0 aliphatic heterocycles. The maximum absolute atomic E-state index is 11.7. The summed E-state index contributed by atoms with van der Waals surface area (Å²) in [6, 6.07) is 11.3. The summed E-state index contributed by atoms with van der Waals surface area (Å²) in [5.41, 5.74) is 0.472. The van der Waals surface area contributed by atoms with Crippen LogP contribution in [0.1, 0.15) is 17.5 Å². The van der Waals surface area contributed by atoms with E-state index in [1.54, 1.807) is 19.1 Å². The SMILES string of the molecule is CCOC(=O)c1oc2cc3ccccc3cc2c1O. The minimum atomic E-state index is -0.653. The summed E-state index contributed by atoms with van der Waals surface area (Å²) < 4.78 is 10.2. The van der Waals surface area contributed by atoms with Gasteiger partial charge in [-0.15, -0.1) is 0 Å². The van der Waals surface area contributed by atoms with E-state index in [9.17, 15) is 9.90 Å². The van der Waals surface area contributed by atoms with Gasteiger partial charge >= 0.3 is 5.97 Å². The van der Waals surface area contributed by atoms with Gasteiger partial charge in [-0.1, -0.05) is 24.3 Å². The number of furan rings is 1. The molecule has 0 saturated carbocycles. The van der Waals surface area contributed by atoms with Gasteiger partial charge in [0.1, 0.15) is 5.58 Å². The third-order valence-corrected chi connectivity index (χ3v) is 2.99. The highest BCUT2D eigenvalue weighted by molar-refractivity contribution is 6.03. The second-order valence-corrected chi connectivity index (χ2v) is 4.20. The number of ether oxygens (including phenoxy) is 1. The van der Waals surface area contributed by atoms with E-state index in [0.717, 1.165) is 10.8 Å². The Morgan fingerprint density at radius 2 is 1.95 bits per heavy atom. The molecule has 0 aliphatic rings. The van der Waals surface area contributed by atoms with E-state index in [0.29, 0.717) is 11.0 Å². The van der Waals surface area contributed by atoms with Gasteiger partial charge in [0.2, 0.25) is 0 Å². The van der Waals surface area contributed by atoms with E-state index in [2.05, 4.69) is 0 Å². The highest BCUT2D eigenvalue weighted by atomic mass is 16.5. The highest BCUT2D eigenvalue weighted by Crippen LogP contribution is 2.35. The van der Waals surface area contributed by atoms with Crippen molar-refractivity contribution in [2.75, 3.05) is 6.61 Å². The number of carbonyl (C=O) groups excluding carboxylic acids is 1. The van der Waals surface area contributed by atoms with Gasteiger partial charge in [-0.3, -0.25) is 0 Å². The van der Waals surface area contributed by atoms with E-state index in [1.165, 1.54) is 0 Å². The molecule has 1 heterocycles. The second kappa shape index (κ2) is 4.31. The van der Waals surface area contributed by atoms with Gasteiger partial charge in [-0.2, -0.15) is 0 Å². The highest BCUT2D eigenvalue weighted by Gasteiger charge is 2.21. The average molecular weight is 256 g/mol. The molecule has 96 valence electrons. The number of rotatable bonds is 2. The topological polar surface area (TPSA) is 59.7 Å². The zero-order valence-corrected chi connectivity index (χ0v) is 10.3. The van der Waals surface area contributed by atoms with Gasteiger partial charge in [0.25, 0.3) is 5.76 Å². The summed E-state index contributed by atoms with van der Waals surface area (Å²) in [5, 5.41) is 12.5. The van der Waals surface area contributed by atoms with Crippen LogP contribution in [0.5, 0.6) is 5.75 Å². The first kappa shape index (κ1) is 11.6. The number of aromatic hydroxyl groups is 1. The summed E-state index contributed by atoms with van der Waals surface area (Å²) in [4.78, 5) is 11.7. The normalized spacial score (nSPS) is 11.0. The molecule has 0 amide bonds. The van der Waals surface area contributed by atoms with Crippen molar-refractivity contribution >= 4 is 27.7 Å². The number of hydrogen-bond donors (Lipinski definition) is 1. The lowest BCUT2D eigenvalue weighted by molar-refractivity contribution is 0.0488. The molecule has 3 aromatic rings. The summed E-state index contributed by atoms with van der Waals surface area (Å²) in [5.74, 6) is -0.966. The fourth-order valence-corrected chi connectivity index (χ4v) is 2.10. The van der Waals surface area contributed by atoms with E-state index in [-0.39, 0.29) is 18.1 Å². The van der Waals surface area contributed by atoms with Gasteiger partial charge < -0.3 is 14.3 Å². The van der Waals surface area contributed by atoms with Crippen LogP contribution in [-0.2, 0) is 4.74 Å². The minimum absolute atomic E-state index is 0.146. The lowest BCUT2D eigenvalue weighted by atomic mass is 10.1. The van der Waals surface area contributed by atoms with Crippen LogP contribution in [0, 0.1) is 0 Å². The molecule has 0 atom stereocenters. The molecule has 2 aromatic carbocycles. The van der Waals surface area contributed by atoms with Crippen molar-refractivity contribution in [1.82, 2.24) is 0 Å². The molecule has 4 nitrogen and oxygen atoms in total. The lowest BCUT2D eigenvalue weighted by Crippen LogP contribution is -2.02. The maximum Gasteiger partial charge on any atom is 0.378 e. The molecular weight excluding hydrogens is 244 g/mol. The first-order valence-corrected chi connectivity index (χ1v) is 6.02.